The molecule has 3 fully saturated rings. The maximum Gasteiger partial charge on any atom is 0.306 e. The number of rotatable bonds is 7. The van der Waals surface area contributed by atoms with E-state index in [4.69, 9.17) is 14.2 Å². The number of fused-ring (bicyclic) bond motifs is 5. The van der Waals surface area contributed by atoms with Gasteiger partial charge in [-0.1, -0.05) is 39.3 Å². The molecule has 4 rings (SSSR count). The van der Waals surface area contributed by atoms with Crippen LogP contribution in [0.2, 0.25) is 0 Å². The molecule has 0 N–H and O–H groups in total. The summed E-state index contributed by atoms with van der Waals surface area (Å²) in [6.07, 6.45) is 4.42. The van der Waals surface area contributed by atoms with Crippen molar-refractivity contribution in [2.75, 3.05) is 6.61 Å². The second-order valence-corrected chi connectivity index (χ2v) is 12.0. The predicted octanol–water partition coefficient (Wildman–Crippen LogP) is 4.39. The summed E-state index contributed by atoms with van der Waals surface area (Å²) in [5.41, 5.74) is -5.41. The summed E-state index contributed by atoms with van der Waals surface area (Å²) >= 11 is 0. The number of esters is 3. The zero-order chi connectivity index (χ0) is 29.0. The minimum Gasteiger partial charge on any atom is -0.459 e. The van der Waals surface area contributed by atoms with E-state index < -0.39 is 76.3 Å². The second-order valence-electron chi connectivity index (χ2n) is 12.0. The van der Waals surface area contributed by atoms with E-state index in [0.717, 1.165) is 0 Å². The third-order valence-electron chi connectivity index (χ3n) is 10.1. The number of hydrogen-bond donors (Lipinski definition) is 0. The van der Waals surface area contributed by atoms with E-state index in [1.807, 2.05) is 13.8 Å². The summed E-state index contributed by atoms with van der Waals surface area (Å²) in [5, 5.41) is 0. The second kappa shape index (κ2) is 9.97. The average Bonchev–Trinajstić information content (AvgIpc) is 3.09. The van der Waals surface area contributed by atoms with Crippen molar-refractivity contribution in [3.63, 3.8) is 0 Å². The normalized spacial score (nSPS) is 40.5. The standard InChI is InChI=1S/C30H39FO8/c1-7-25(35)37-16-23(34)30(39-26(36)8-2)17(3)13-22-21-10-9-19-14-20(33)11-12-27(19,5)29(21,31)24(38-18(4)32)15-28(22,30)6/h11-12,14,17,21-22,24H,7-10,13,15-16H2,1-6H3/t17-,21-,22-,24-,27-,28-,29+,30-/m0/s1. The van der Waals surface area contributed by atoms with Crippen LogP contribution >= 0.6 is 0 Å². The van der Waals surface area contributed by atoms with Crippen LogP contribution in [-0.4, -0.2) is 53.5 Å². The topological polar surface area (TPSA) is 113 Å². The van der Waals surface area contributed by atoms with Crippen LogP contribution in [0.3, 0.4) is 0 Å². The number of hydrogen-bond acceptors (Lipinski definition) is 8. The van der Waals surface area contributed by atoms with Gasteiger partial charge in [0.15, 0.2) is 23.7 Å². The van der Waals surface area contributed by atoms with Gasteiger partial charge in [0.25, 0.3) is 0 Å². The summed E-state index contributed by atoms with van der Waals surface area (Å²) in [6.45, 7) is 9.24. The van der Waals surface area contributed by atoms with Crippen molar-refractivity contribution in [1.82, 2.24) is 0 Å². The molecule has 0 aromatic carbocycles. The van der Waals surface area contributed by atoms with Gasteiger partial charge in [-0.2, -0.15) is 0 Å². The first kappa shape index (κ1) is 29.2. The Balaban J connectivity index is 1.87. The van der Waals surface area contributed by atoms with Crippen LogP contribution in [0.1, 0.15) is 80.1 Å². The summed E-state index contributed by atoms with van der Waals surface area (Å²) in [7, 11) is 0. The maximum atomic E-state index is 18.0. The number of carbonyl (C=O) groups is 5. The Morgan fingerprint density at radius 2 is 1.74 bits per heavy atom. The van der Waals surface area contributed by atoms with Gasteiger partial charge in [0.05, 0.1) is 0 Å². The molecule has 0 aliphatic heterocycles. The molecule has 214 valence electrons. The van der Waals surface area contributed by atoms with Gasteiger partial charge in [-0.3, -0.25) is 24.0 Å². The molecular formula is C30H39FO8. The van der Waals surface area contributed by atoms with Crippen LogP contribution in [0.5, 0.6) is 0 Å². The van der Waals surface area contributed by atoms with E-state index in [0.29, 0.717) is 24.8 Å². The highest BCUT2D eigenvalue weighted by Gasteiger charge is 2.78. The van der Waals surface area contributed by atoms with Crippen LogP contribution < -0.4 is 0 Å². The summed E-state index contributed by atoms with van der Waals surface area (Å²) in [6, 6.07) is 0. The van der Waals surface area contributed by atoms with Crippen LogP contribution in [0.15, 0.2) is 23.8 Å². The van der Waals surface area contributed by atoms with E-state index in [2.05, 4.69) is 0 Å². The number of allylic oxidation sites excluding steroid dienone is 4. The molecule has 0 amide bonds. The lowest BCUT2D eigenvalue weighted by Gasteiger charge is -2.63. The fourth-order valence-electron chi connectivity index (χ4n) is 8.30. The van der Waals surface area contributed by atoms with Gasteiger partial charge < -0.3 is 14.2 Å². The monoisotopic (exact) mass is 546 g/mol. The molecule has 0 aromatic heterocycles. The largest absolute Gasteiger partial charge is 0.459 e. The Morgan fingerprint density at radius 1 is 1.08 bits per heavy atom. The van der Waals surface area contributed by atoms with Crippen molar-refractivity contribution >= 4 is 29.5 Å². The Morgan fingerprint density at radius 3 is 2.36 bits per heavy atom. The van der Waals surface area contributed by atoms with Gasteiger partial charge in [0, 0.05) is 42.4 Å². The minimum absolute atomic E-state index is 0.0200. The van der Waals surface area contributed by atoms with Crippen LogP contribution in [0, 0.1) is 28.6 Å². The summed E-state index contributed by atoms with van der Waals surface area (Å²) < 4.78 is 35.0. The van der Waals surface area contributed by atoms with Gasteiger partial charge in [-0.25, -0.2) is 4.39 Å². The molecule has 4 aliphatic rings. The molecule has 9 heteroatoms. The van der Waals surface area contributed by atoms with E-state index in [1.165, 1.54) is 19.1 Å². The third kappa shape index (κ3) is 4.10. The van der Waals surface area contributed by atoms with Crippen molar-refractivity contribution in [2.24, 2.45) is 28.6 Å². The molecule has 0 bridgehead atoms. The van der Waals surface area contributed by atoms with Gasteiger partial charge in [0.2, 0.25) is 5.78 Å². The Bertz CT molecular complexity index is 1160. The van der Waals surface area contributed by atoms with Crippen molar-refractivity contribution in [3.8, 4) is 0 Å². The summed E-state index contributed by atoms with van der Waals surface area (Å²) in [5.74, 6) is -4.16. The molecule has 8 nitrogen and oxygen atoms in total. The predicted molar refractivity (Wildman–Crippen MR) is 138 cm³/mol. The number of alkyl halides is 1. The highest BCUT2D eigenvalue weighted by atomic mass is 19.1. The lowest BCUT2D eigenvalue weighted by molar-refractivity contribution is -0.235. The fraction of sp³-hybridized carbons (Fsp3) is 0.700. The van der Waals surface area contributed by atoms with Crippen molar-refractivity contribution in [3.05, 3.63) is 23.8 Å². The highest BCUT2D eigenvalue weighted by molar-refractivity contribution is 6.01. The minimum atomic E-state index is -2.06. The molecule has 4 aliphatic carbocycles. The SMILES string of the molecule is CCC(=O)OCC(=O)[C@@]1(OC(=O)CC)[C@@H](C)C[C@H]2[C@@H]3CCC4=CC(=O)C=C[C@]4(C)[C@]3(F)[C@@H](OC(C)=O)C[C@@]21C. The van der Waals surface area contributed by atoms with E-state index in [-0.39, 0.29) is 25.0 Å². The van der Waals surface area contributed by atoms with Crippen LogP contribution in [0.25, 0.3) is 0 Å². The van der Waals surface area contributed by atoms with Gasteiger partial charge >= 0.3 is 17.9 Å². The van der Waals surface area contributed by atoms with Gasteiger partial charge in [-0.05, 0) is 50.7 Å². The molecule has 0 saturated heterocycles. The van der Waals surface area contributed by atoms with Crippen molar-refractivity contribution in [1.29, 1.82) is 0 Å². The van der Waals surface area contributed by atoms with Gasteiger partial charge in [0.1, 0.15) is 6.10 Å². The number of ketones is 2. The Labute approximate surface area is 228 Å². The van der Waals surface area contributed by atoms with Crippen molar-refractivity contribution < 1.29 is 42.6 Å². The number of ether oxygens (including phenoxy) is 3. The molecule has 0 heterocycles. The first-order chi connectivity index (χ1) is 18.2. The Kier molecular flexibility index (Phi) is 7.45. The number of carbonyl (C=O) groups excluding carboxylic acids is 5. The van der Waals surface area contributed by atoms with E-state index in [9.17, 15) is 24.0 Å². The van der Waals surface area contributed by atoms with Gasteiger partial charge in [-0.15, -0.1) is 0 Å². The number of halogens is 1. The fourth-order valence-corrected chi connectivity index (χ4v) is 8.30. The maximum absolute atomic E-state index is 18.0. The molecule has 8 atom stereocenters. The van der Waals surface area contributed by atoms with E-state index >= 15 is 4.39 Å². The lowest BCUT2D eigenvalue weighted by atomic mass is 9.44. The lowest BCUT2D eigenvalue weighted by Crippen LogP contribution is -2.70. The zero-order valence-corrected chi connectivity index (χ0v) is 23.6. The van der Waals surface area contributed by atoms with Crippen LogP contribution in [-0.2, 0) is 38.2 Å². The quantitative estimate of drug-likeness (QED) is 0.341. The first-order valence-corrected chi connectivity index (χ1v) is 13.9. The molecule has 0 radical (unpaired) electrons. The Hall–Kier alpha value is -2.84. The van der Waals surface area contributed by atoms with E-state index in [1.54, 1.807) is 26.8 Å². The highest BCUT2D eigenvalue weighted by Crippen LogP contribution is 2.72. The molecule has 39 heavy (non-hydrogen) atoms. The molecule has 0 unspecified atom stereocenters. The average molecular weight is 547 g/mol. The molecule has 0 spiro atoms. The van der Waals surface area contributed by atoms with Crippen molar-refractivity contribution in [2.45, 2.75) is 97.4 Å². The number of Topliss-reactive ketones (excluding diaryl/α,β-unsaturated/α-hetero) is 1. The third-order valence-corrected chi connectivity index (χ3v) is 10.1. The molecule has 3 saturated carbocycles. The smallest absolute Gasteiger partial charge is 0.306 e. The molecule has 0 aromatic rings. The summed E-state index contributed by atoms with van der Waals surface area (Å²) in [4.78, 5) is 63.3. The molecular weight excluding hydrogens is 507 g/mol. The zero-order valence-electron chi connectivity index (χ0n) is 23.6. The van der Waals surface area contributed by atoms with Crippen LogP contribution in [0.4, 0.5) is 4.39 Å². The first-order valence-electron chi connectivity index (χ1n) is 13.9.